The number of hydrogen-bond acceptors (Lipinski definition) is 2. The second-order valence-corrected chi connectivity index (χ2v) is 6.76. The third-order valence-corrected chi connectivity index (χ3v) is 4.53. The van der Waals surface area contributed by atoms with Gasteiger partial charge in [-0.05, 0) is 47.5 Å². The molecule has 0 aliphatic rings. The first kappa shape index (κ1) is 17.9. The normalized spacial score (nSPS) is 10.5. The fourth-order valence-corrected chi connectivity index (χ4v) is 3.01. The van der Waals surface area contributed by atoms with Crippen LogP contribution in [0, 0.1) is 0 Å². The van der Waals surface area contributed by atoms with Crippen molar-refractivity contribution in [1.82, 2.24) is 0 Å². The lowest BCUT2D eigenvalue weighted by atomic mass is 10.2. The molecule has 3 rings (SSSR count). The first-order valence-electron chi connectivity index (χ1n) is 7.76. The standard InChI is InChI=1S/C20H16Cl3NO/c21-16-9-7-14(8-10-16)13-25-17-4-1-3-15(11-17)12-24-20-18(22)5-2-6-19(20)23/h1-11,24H,12-13H2. The maximum Gasteiger partial charge on any atom is 0.120 e. The Labute approximate surface area is 162 Å². The molecule has 0 aliphatic heterocycles. The topological polar surface area (TPSA) is 21.3 Å². The van der Waals surface area contributed by atoms with Crippen molar-refractivity contribution in [2.24, 2.45) is 0 Å². The van der Waals surface area contributed by atoms with Gasteiger partial charge < -0.3 is 10.1 Å². The smallest absolute Gasteiger partial charge is 0.120 e. The van der Waals surface area contributed by atoms with Gasteiger partial charge >= 0.3 is 0 Å². The number of halogens is 3. The molecule has 0 radical (unpaired) electrons. The van der Waals surface area contributed by atoms with E-state index >= 15 is 0 Å². The molecule has 1 N–H and O–H groups in total. The van der Waals surface area contributed by atoms with Crippen LogP contribution >= 0.6 is 34.8 Å². The van der Waals surface area contributed by atoms with Gasteiger partial charge in [-0.3, -0.25) is 0 Å². The lowest BCUT2D eigenvalue weighted by Gasteiger charge is -2.12. The zero-order valence-electron chi connectivity index (χ0n) is 13.3. The number of nitrogens with one attached hydrogen (secondary N) is 1. The van der Waals surface area contributed by atoms with Crippen LogP contribution in [0.5, 0.6) is 5.75 Å². The van der Waals surface area contributed by atoms with Gasteiger partial charge in [0.1, 0.15) is 12.4 Å². The van der Waals surface area contributed by atoms with Crippen molar-refractivity contribution in [3.05, 3.63) is 92.9 Å². The van der Waals surface area contributed by atoms with Crippen LogP contribution in [0.15, 0.2) is 66.7 Å². The highest BCUT2D eigenvalue weighted by molar-refractivity contribution is 6.39. The summed E-state index contributed by atoms with van der Waals surface area (Å²) in [7, 11) is 0. The zero-order valence-corrected chi connectivity index (χ0v) is 15.6. The van der Waals surface area contributed by atoms with Crippen LogP contribution in [0.4, 0.5) is 5.69 Å². The van der Waals surface area contributed by atoms with Gasteiger partial charge in [0.2, 0.25) is 0 Å². The minimum Gasteiger partial charge on any atom is -0.489 e. The third-order valence-electron chi connectivity index (χ3n) is 3.65. The molecule has 3 aromatic rings. The Morgan fingerprint density at radius 3 is 2.16 bits per heavy atom. The van der Waals surface area contributed by atoms with Crippen molar-refractivity contribution in [3.8, 4) is 5.75 Å². The van der Waals surface area contributed by atoms with Crippen molar-refractivity contribution in [3.63, 3.8) is 0 Å². The fraction of sp³-hybridized carbons (Fsp3) is 0.100. The molecule has 0 fully saturated rings. The van der Waals surface area contributed by atoms with Crippen LogP contribution in [0.1, 0.15) is 11.1 Å². The largest absolute Gasteiger partial charge is 0.489 e. The minimum atomic E-state index is 0.490. The van der Waals surface area contributed by atoms with Gasteiger partial charge in [-0.25, -0.2) is 0 Å². The Balaban J connectivity index is 1.62. The Morgan fingerprint density at radius 1 is 0.760 bits per heavy atom. The second kappa shape index (κ2) is 8.48. The van der Waals surface area contributed by atoms with Crippen molar-refractivity contribution in [1.29, 1.82) is 0 Å². The molecule has 0 aliphatic carbocycles. The van der Waals surface area contributed by atoms with E-state index in [1.54, 1.807) is 12.1 Å². The average molecular weight is 393 g/mol. The second-order valence-electron chi connectivity index (χ2n) is 5.51. The molecule has 0 atom stereocenters. The fourth-order valence-electron chi connectivity index (χ4n) is 2.35. The van der Waals surface area contributed by atoms with Crippen molar-refractivity contribution < 1.29 is 4.74 Å². The predicted molar refractivity (Wildman–Crippen MR) is 106 cm³/mol. The van der Waals surface area contributed by atoms with Crippen LogP contribution < -0.4 is 10.1 Å². The van der Waals surface area contributed by atoms with Crippen LogP contribution in [-0.4, -0.2) is 0 Å². The Hall–Kier alpha value is -1.87. The van der Waals surface area contributed by atoms with E-state index in [0.29, 0.717) is 23.2 Å². The van der Waals surface area contributed by atoms with Gasteiger partial charge in [0.15, 0.2) is 0 Å². The Bertz CT molecular complexity index is 830. The molecule has 25 heavy (non-hydrogen) atoms. The number of benzene rings is 3. The van der Waals surface area contributed by atoms with Gasteiger partial charge in [-0.15, -0.1) is 0 Å². The lowest BCUT2D eigenvalue weighted by molar-refractivity contribution is 0.306. The molecule has 0 saturated carbocycles. The average Bonchev–Trinajstić information content (AvgIpc) is 2.61. The highest BCUT2D eigenvalue weighted by Gasteiger charge is 2.05. The molecular formula is C20H16Cl3NO. The van der Waals surface area contributed by atoms with E-state index in [0.717, 1.165) is 27.6 Å². The molecule has 0 aromatic heterocycles. The summed E-state index contributed by atoms with van der Waals surface area (Å²) in [6, 6.07) is 21.0. The summed E-state index contributed by atoms with van der Waals surface area (Å²) < 4.78 is 5.85. The quantitative estimate of drug-likeness (QED) is 0.496. The molecule has 0 heterocycles. The summed E-state index contributed by atoms with van der Waals surface area (Å²) in [5, 5.41) is 5.19. The van der Waals surface area contributed by atoms with E-state index in [1.165, 1.54) is 0 Å². The molecule has 2 nitrogen and oxygen atoms in total. The number of para-hydroxylation sites is 1. The minimum absolute atomic E-state index is 0.490. The van der Waals surface area contributed by atoms with Crippen LogP contribution in [0.2, 0.25) is 15.1 Å². The molecule has 0 spiro atoms. The first-order valence-corrected chi connectivity index (χ1v) is 8.89. The molecule has 3 aromatic carbocycles. The molecule has 0 amide bonds. The van der Waals surface area contributed by atoms with E-state index < -0.39 is 0 Å². The van der Waals surface area contributed by atoms with Crippen molar-refractivity contribution in [2.75, 3.05) is 5.32 Å². The Morgan fingerprint density at radius 2 is 1.44 bits per heavy atom. The van der Waals surface area contributed by atoms with Crippen LogP contribution in [0.3, 0.4) is 0 Å². The van der Waals surface area contributed by atoms with Gasteiger partial charge in [0, 0.05) is 11.6 Å². The molecule has 128 valence electrons. The molecule has 0 saturated heterocycles. The summed E-state index contributed by atoms with van der Waals surface area (Å²) >= 11 is 18.2. The number of rotatable bonds is 6. The van der Waals surface area contributed by atoms with Gasteiger partial charge in [-0.2, -0.15) is 0 Å². The van der Waals surface area contributed by atoms with E-state index in [2.05, 4.69) is 5.32 Å². The van der Waals surface area contributed by atoms with E-state index in [9.17, 15) is 0 Å². The first-order chi connectivity index (χ1) is 12.1. The Kier molecular flexibility index (Phi) is 6.09. The summed E-state index contributed by atoms with van der Waals surface area (Å²) in [6.45, 7) is 1.09. The predicted octanol–water partition coefficient (Wildman–Crippen LogP) is 6.84. The van der Waals surface area contributed by atoms with Gasteiger partial charge in [0.25, 0.3) is 0 Å². The summed E-state index contributed by atoms with van der Waals surface area (Å²) in [5.74, 6) is 0.805. The van der Waals surface area contributed by atoms with E-state index in [-0.39, 0.29) is 0 Å². The monoisotopic (exact) mass is 391 g/mol. The number of hydrogen-bond donors (Lipinski definition) is 1. The third kappa shape index (κ3) is 5.05. The molecule has 0 unspecified atom stereocenters. The highest BCUT2D eigenvalue weighted by atomic mass is 35.5. The summed E-state index contributed by atoms with van der Waals surface area (Å²) in [6.07, 6.45) is 0. The van der Waals surface area contributed by atoms with Gasteiger partial charge in [0.05, 0.1) is 15.7 Å². The van der Waals surface area contributed by atoms with Gasteiger partial charge in [-0.1, -0.05) is 65.1 Å². The number of anilines is 1. The van der Waals surface area contributed by atoms with E-state index in [1.807, 2.05) is 54.6 Å². The molecule has 5 heteroatoms. The van der Waals surface area contributed by atoms with Crippen molar-refractivity contribution >= 4 is 40.5 Å². The van der Waals surface area contributed by atoms with Crippen LogP contribution in [0.25, 0.3) is 0 Å². The zero-order chi connectivity index (χ0) is 17.6. The summed E-state index contributed by atoms with van der Waals surface area (Å²) in [4.78, 5) is 0. The maximum absolute atomic E-state index is 6.17. The maximum atomic E-state index is 6.17. The highest BCUT2D eigenvalue weighted by Crippen LogP contribution is 2.30. The van der Waals surface area contributed by atoms with Crippen LogP contribution in [-0.2, 0) is 13.2 Å². The lowest BCUT2D eigenvalue weighted by Crippen LogP contribution is -2.01. The molecular weight excluding hydrogens is 377 g/mol. The van der Waals surface area contributed by atoms with E-state index in [4.69, 9.17) is 39.5 Å². The summed E-state index contributed by atoms with van der Waals surface area (Å²) in [5.41, 5.74) is 2.87. The molecule has 0 bridgehead atoms. The van der Waals surface area contributed by atoms with Crippen molar-refractivity contribution in [2.45, 2.75) is 13.2 Å². The number of ether oxygens (including phenoxy) is 1. The SMILES string of the molecule is Clc1ccc(COc2cccc(CNc3c(Cl)cccc3Cl)c2)cc1.